The molecule has 2 N–H and O–H groups in total. The number of aliphatic hydroxyl groups is 1. The Bertz CT molecular complexity index is 1620. The molecule has 52 heavy (non-hydrogen) atoms. The van der Waals surface area contributed by atoms with E-state index in [1.165, 1.54) is 16.9 Å². The topological polar surface area (TPSA) is 135 Å². The number of anilines is 1. The second-order valence-corrected chi connectivity index (χ2v) is 14.6. The maximum atomic E-state index is 14.9. The van der Waals surface area contributed by atoms with Crippen LogP contribution in [-0.4, -0.2) is 90.4 Å². The van der Waals surface area contributed by atoms with Crippen molar-refractivity contribution in [3.63, 3.8) is 0 Å². The highest BCUT2D eigenvalue weighted by molar-refractivity contribution is 6.34. The molecule has 0 radical (unpaired) electrons. The summed E-state index contributed by atoms with van der Waals surface area (Å²) in [6, 6.07) is 13.4. The van der Waals surface area contributed by atoms with E-state index >= 15 is 0 Å². The normalized spacial score (nSPS) is 25.0. The summed E-state index contributed by atoms with van der Waals surface area (Å²) in [5.41, 5.74) is -0.287. The number of carbonyl (C=O) groups is 4. The fraction of sp³-hybridized carbons (Fsp3) is 0.500. The van der Waals surface area contributed by atoms with Crippen LogP contribution in [0.3, 0.4) is 0 Å². The summed E-state index contributed by atoms with van der Waals surface area (Å²) in [4.78, 5) is 60.2. The molecule has 3 aliphatic rings. The van der Waals surface area contributed by atoms with Crippen molar-refractivity contribution in [2.45, 2.75) is 81.9 Å². The van der Waals surface area contributed by atoms with E-state index in [1.54, 1.807) is 48.6 Å². The molecule has 3 fully saturated rings. The van der Waals surface area contributed by atoms with Gasteiger partial charge in [0.05, 0.1) is 53.9 Å². The van der Waals surface area contributed by atoms with E-state index in [2.05, 4.69) is 18.5 Å². The van der Waals surface area contributed by atoms with Gasteiger partial charge in [-0.05, 0) is 49.3 Å². The van der Waals surface area contributed by atoms with Gasteiger partial charge in [-0.3, -0.25) is 19.2 Å². The molecule has 8 atom stereocenters. The van der Waals surface area contributed by atoms with Crippen molar-refractivity contribution < 1.29 is 38.5 Å². The second kappa shape index (κ2) is 17.2. The zero-order valence-corrected chi connectivity index (χ0v) is 30.9. The molecule has 1 spiro atoms. The first-order chi connectivity index (χ1) is 25.0. The SMILES string of the molecule is C=CCCC(=O)N[C@H](COC)[C@H](OC(=O)[C@@H]1[C@H]2C(=O)N([C@@H](CO)CC(C)C)[C@H](C(=O)N(CC=C)c3ccccc3Cl)[C@]23CC[C@H]1O3)c1ccccc1. The molecule has 3 aliphatic heterocycles. The van der Waals surface area contributed by atoms with E-state index in [1.807, 2.05) is 32.0 Å². The van der Waals surface area contributed by atoms with Gasteiger partial charge in [0.15, 0.2) is 0 Å². The molecule has 280 valence electrons. The lowest BCUT2D eigenvalue weighted by Gasteiger charge is -2.39. The van der Waals surface area contributed by atoms with Crippen LogP contribution in [0.5, 0.6) is 0 Å². The first-order valence-electron chi connectivity index (χ1n) is 17.9. The lowest BCUT2D eigenvalue weighted by Crippen LogP contribution is -2.59. The van der Waals surface area contributed by atoms with E-state index in [4.69, 9.17) is 25.8 Å². The lowest BCUT2D eigenvalue weighted by atomic mass is 9.70. The largest absolute Gasteiger partial charge is 0.455 e. The van der Waals surface area contributed by atoms with Gasteiger partial charge < -0.3 is 34.4 Å². The number of fused-ring (bicyclic) bond motifs is 1. The number of rotatable bonds is 18. The smallest absolute Gasteiger partial charge is 0.313 e. The van der Waals surface area contributed by atoms with Crippen LogP contribution in [-0.2, 0) is 33.4 Å². The molecule has 2 bridgehead atoms. The van der Waals surface area contributed by atoms with Crippen molar-refractivity contribution in [1.29, 1.82) is 0 Å². The molecule has 3 amide bonds. The lowest BCUT2D eigenvalue weighted by molar-refractivity contribution is -0.163. The zero-order chi connectivity index (χ0) is 37.6. The maximum Gasteiger partial charge on any atom is 0.313 e. The van der Waals surface area contributed by atoms with Crippen molar-refractivity contribution in [2.24, 2.45) is 17.8 Å². The van der Waals surface area contributed by atoms with E-state index < -0.39 is 65.6 Å². The number of ether oxygens (including phenoxy) is 3. The third-order valence-electron chi connectivity index (χ3n) is 10.3. The number of esters is 1. The van der Waals surface area contributed by atoms with Crippen LogP contribution < -0.4 is 10.2 Å². The zero-order valence-electron chi connectivity index (χ0n) is 30.1. The van der Waals surface area contributed by atoms with Crippen molar-refractivity contribution in [3.8, 4) is 0 Å². The molecule has 2 aromatic carbocycles. The number of nitrogens with zero attached hydrogens (tertiary/aromatic N) is 2. The third-order valence-corrected chi connectivity index (χ3v) is 10.6. The number of amides is 3. The summed E-state index contributed by atoms with van der Waals surface area (Å²) >= 11 is 6.60. The van der Waals surface area contributed by atoms with Crippen LogP contribution in [0.4, 0.5) is 5.69 Å². The standard InChI is InChI=1S/C40H50ClN3O8/c1-6-8-18-32(46)42-29(24-50-5)35(26-14-10-9-11-15-26)51-39(49)33-31-19-20-40(52-31)34(33)37(47)44(27(23-45)22-25(3)4)36(40)38(48)43(21-7-2)30-17-13-12-16-28(30)41/h6-7,9-17,25,27,29,31,33-36,45H,1-2,8,18-24H2,3-5H3,(H,42,46)/t27-,29-,31-,33+,34+,35-,36-,40+/m1/s1. The molecule has 3 heterocycles. The Morgan fingerprint density at radius 1 is 1.13 bits per heavy atom. The number of para-hydroxylation sites is 1. The molecule has 0 aliphatic carbocycles. The predicted molar refractivity (Wildman–Crippen MR) is 197 cm³/mol. The molecule has 0 unspecified atom stereocenters. The highest BCUT2D eigenvalue weighted by atomic mass is 35.5. The summed E-state index contributed by atoms with van der Waals surface area (Å²) in [5.74, 6) is -3.83. The second-order valence-electron chi connectivity index (χ2n) is 14.2. The summed E-state index contributed by atoms with van der Waals surface area (Å²) in [6.45, 7) is 11.3. The Labute approximate surface area is 310 Å². The Morgan fingerprint density at radius 2 is 1.85 bits per heavy atom. The van der Waals surface area contributed by atoms with Crippen molar-refractivity contribution in [2.75, 3.05) is 31.8 Å². The molecule has 12 heteroatoms. The first-order valence-corrected chi connectivity index (χ1v) is 18.3. The number of hydrogen-bond donors (Lipinski definition) is 2. The number of carbonyl (C=O) groups excluding carboxylic acids is 4. The Kier molecular flexibility index (Phi) is 13.0. The van der Waals surface area contributed by atoms with Gasteiger partial charge in [0, 0.05) is 20.1 Å². The van der Waals surface area contributed by atoms with Gasteiger partial charge in [-0.2, -0.15) is 0 Å². The maximum absolute atomic E-state index is 14.9. The van der Waals surface area contributed by atoms with E-state index in [9.17, 15) is 24.3 Å². The molecular formula is C40H50ClN3O8. The van der Waals surface area contributed by atoms with Crippen LogP contribution in [0.15, 0.2) is 79.9 Å². The summed E-state index contributed by atoms with van der Waals surface area (Å²) in [5, 5.41) is 14.0. The number of benzene rings is 2. The number of aliphatic hydroxyl groups excluding tert-OH is 1. The highest BCUT2D eigenvalue weighted by Crippen LogP contribution is 2.59. The van der Waals surface area contributed by atoms with Gasteiger partial charge in [0.25, 0.3) is 5.91 Å². The highest BCUT2D eigenvalue weighted by Gasteiger charge is 2.76. The van der Waals surface area contributed by atoms with Crippen LogP contribution in [0.1, 0.15) is 57.6 Å². The number of hydrogen-bond acceptors (Lipinski definition) is 8. The van der Waals surface area contributed by atoms with Gasteiger partial charge in [-0.25, -0.2) is 0 Å². The fourth-order valence-corrected chi connectivity index (χ4v) is 8.47. The number of allylic oxidation sites excluding steroid dienone is 1. The molecule has 5 rings (SSSR count). The van der Waals surface area contributed by atoms with Gasteiger partial charge in [-0.15, -0.1) is 13.2 Å². The molecule has 0 saturated carbocycles. The quantitative estimate of drug-likeness (QED) is 0.161. The summed E-state index contributed by atoms with van der Waals surface area (Å²) in [6.07, 6.45) is 3.43. The van der Waals surface area contributed by atoms with Gasteiger partial charge in [-0.1, -0.05) is 80.1 Å². The minimum Gasteiger partial charge on any atom is -0.455 e. The third kappa shape index (κ3) is 7.69. The van der Waals surface area contributed by atoms with E-state index in [0.717, 1.165) is 0 Å². The monoisotopic (exact) mass is 735 g/mol. The summed E-state index contributed by atoms with van der Waals surface area (Å²) < 4.78 is 18.5. The van der Waals surface area contributed by atoms with Crippen LogP contribution >= 0.6 is 11.6 Å². The Morgan fingerprint density at radius 3 is 2.48 bits per heavy atom. The number of likely N-dealkylation sites (tertiary alicyclic amines) is 1. The average Bonchev–Trinajstić information content (AvgIpc) is 3.78. The van der Waals surface area contributed by atoms with E-state index in [-0.39, 0.29) is 38.0 Å². The first kappa shape index (κ1) is 39.2. The summed E-state index contributed by atoms with van der Waals surface area (Å²) in [7, 11) is 1.50. The molecule has 0 aromatic heterocycles. The fourth-order valence-electron chi connectivity index (χ4n) is 8.23. The van der Waals surface area contributed by atoms with Crippen LogP contribution in [0.25, 0.3) is 0 Å². The minimum atomic E-state index is -1.36. The Hall–Kier alpha value is -4.03. The molecule has 11 nitrogen and oxygen atoms in total. The molecular weight excluding hydrogens is 686 g/mol. The van der Waals surface area contributed by atoms with Gasteiger partial charge in [0.1, 0.15) is 17.7 Å². The van der Waals surface area contributed by atoms with Crippen LogP contribution in [0, 0.1) is 17.8 Å². The minimum absolute atomic E-state index is 0.0441. The van der Waals surface area contributed by atoms with Gasteiger partial charge in [0.2, 0.25) is 11.8 Å². The number of nitrogens with one attached hydrogen (secondary N) is 1. The molecule has 3 saturated heterocycles. The average molecular weight is 736 g/mol. The predicted octanol–water partition coefficient (Wildman–Crippen LogP) is 5.02. The van der Waals surface area contributed by atoms with Crippen molar-refractivity contribution >= 4 is 41.0 Å². The van der Waals surface area contributed by atoms with Crippen LogP contribution in [0.2, 0.25) is 5.02 Å². The van der Waals surface area contributed by atoms with Crippen molar-refractivity contribution in [3.05, 3.63) is 90.5 Å². The number of halogens is 1. The number of methoxy groups -OCH3 is 1. The van der Waals surface area contributed by atoms with Crippen molar-refractivity contribution in [1.82, 2.24) is 10.2 Å². The van der Waals surface area contributed by atoms with E-state index in [0.29, 0.717) is 42.0 Å². The van der Waals surface area contributed by atoms with Gasteiger partial charge >= 0.3 is 5.97 Å². The molecule has 2 aromatic rings. The Balaban J connectivity index is 1.54.